The molecule has 0 fully saturated rings. The minimum Gasteiger partial charge on any atom is -0.421 e. The monoisotopic (exact) mass is 273 g/mol. The van der Waals surface area contributed by atoms with Crippen molar-refractivity contribution in [3.8, 4) is 5.75 Å². The van der Waals surface area contributed by atoms with Gasteiger partial charge in [-0.2, -0.15) is 5.10 Å². The van der Waals surface area contributed by atoms with Gasteiger partial charge in [-0.25, -0.2) is 4.79 Å². The summed E-state index contributed by atoms with van der Waals surface area (Å²) in [4.78, 5) is 16.0. The van der Waals surface area contributed by atoms with Gasteiger partial charge in [-0.15, -0.1) is 0 Å². The van der Waals surface area contributed by atoms with Crippen molar-refractivity contribution in [2.45, 2.75) is 0 Å². The van der Waals surface area contributed by atoms with Gasteiger partial charge in [0, 0.05) is 17.6 Å². The van der Waals surface area contributed by atoms with Crippen LogP contribution in [0.4, 0.5) is 0 Å². The Hall–Kier alpha value is -2.40. The molecule has 0 spiro atoms. The summed E-state index contributed by atoms with van der Waals surface area (Å²) in [5.74, 6) is -0.172. The van der Waals surface area contributed by atoms with Crippen LogP contribution in [0.2, 0.25) is 5.02 Å². The molecule has 6 heteroatoms. The van der Waals surface area contributed by atoms with E-state index in [1.807, 2.05) is 6.07 Å². The maximum Gasteiger partial charge on any atom is 0.344 e. The third-order valence-corrected chi connectivity index (χ3v) is 2.80. The molecule has 3 aromatic rings. The Morgan fingerprint density at radius 1 is 1.26 bits per heavy atom. The quantitative estimate of drug-likeness (QED) is 0.729. The number of carbonyl (C=O) groups is 1. The van der Waals surface area contributed by atoms with E-state index in [2.05, 4.69) is 15.2 Å². The predicted octanol–water partition coefficient (Wildman–Crippen LogP) is 2.83. The standard InChI is InChI=1S/C13H8ClN3O2/c14-8-4-9(6-15-5-8)19-13(18)10-2-1-3-12-11(10)7-16-17-12/h1-7H,(H,16,17). The second-order valence-electron chi connectivity index (χ2n) is 3.87. The summed E-state index contributed by atoms with van der Waals surface area (Å²) in [5.41, 5.74) is 1.21. The fraction of sp³-hybridized carbons (Fsp3) is 0. The zero-order valence-electron chi connectivity index (χ0n) is 9.63. The summed E-state index contributed by atoms with van der Waals surface area (Å²) in [5, 5.41) is 7.82. The van der Waals surface area contributed by atoms with Crippen LogP contribution in [0.1, 0.15) is 10.4 Å². The van der Waals surface area contributed by atoms with Gasteiger partial charge in [0.2, 0.25) is 0 Å². The lowest BCUT2D eigenvalue weighted by Crippen LogP contribution is -2.08. The molecule has 2 aromatic heterocycles. The fourth-order valence-corrected chi connectivity index (χ4v) is 1.92. The van der Waals surface area contributed by atoms with Gasteiger partial charge in [-0.3, -0.25) is 10.1 Å². The smallest absolute Gasteiger partial charge is 0.344 e. The minimum absolute atomic E-state index is 0.304. The van der Waals surface area contributed by atoms with E-state index in [1.54, 1.807) is 18.3 Å². The van der Waals surface area contributed by atoms with Crippen LogP contribution in [0, 0.1) is 0 Å². The zero-order valence-corrected chi connectivity index (χ0v) is 10.4. The number of aromatic nitrogens is 3. The lowest BCUT2D eigenvalue weighted by Gasteiger charge is -2.04. The third-order valence-electron chi connectivity index (χ3n) is 2.60. The topological polar surface area (TPSA) is 67.9 Å². The summed E-state index contributed by atoms with van der Waals surface area (Å²) in [6.07, 6.45) is 4.48. The maximum absolute atomic E-state index is 12.1. The van der Waals surface area contributed by atoms with Crippen LogP contribution < -0.4 is 4.74 Å². The first-order valence-corrected chi connectivity index (χ1v) is 5.86. The molecular weight excluding hydrogens is 266 g/mol. The molecule has 0 unspecified atom stereocenters. The molecule has 0 saturated heterocycles. The van der Waals surface area contributed by atoms with Gasteiger partial charge in [0.1, 0.15) is 0 Å². The van der Waals surface area contributed by atoms with E-state index in [0.717, 1.165) is 5.52 Å². The number of H-pyrrole nitrogens is 1. The molecular formula is C13H8ClN3O2. The molecule has 0 bridgehead atoms. The van der Waals surface area contributed by atoms with Crippen molar-refractivity contribution < 1.29 is 9.53 Å². The summed E-state index contributed by atoms with van der Waals surface area (Å²) < 4.78 is 5.23. The van der Waals surface area contributed by atoms with E-state index < -0.39 is 5.97 Å². The molecule has 0 radical (unpaired) electrons. The van der Waals surface area contributed by atoms with Crippen LogP contribution in [0.3, 0.4) is 0 Å². The molecule has 94 valence electrons. The van der Waals surface area contributed by atoms with Gasteiger partial charge >= 0.3 is 5.97 Å². The van der Waals surface area contributed by atoms with Crippen molar-refractivity contribution >= 4 is 28.5 Å². The molecule has 2 heterocycles. The average Bonchev–Trinajstić information content (AvgIpc) is 2.86. The summed E-state index contributed by atoms with van der Waals surface area (Å²) in [7, 11) is 0. The number of fused-ring (bicyclic) bond motifs is 1. The number of nitrogens with zero attached hydrogens (tertiary/aromatic N) is 2. The van der Waals surface area contributed by atoms with Gasteiger partial charge in [0.15, 0.2) is 5.75 Å². The van der Waals surface area contributed by atoms with Gasteiger partial charge in [0.25, 0.3) is 0 Å². The van der Waals surface area contributed by atoms with Crippen molar-refractivity contribution in [2.75, 3.05) is 0 Å². The second kappa shape index (κ2) is 4.70. The predicted molar refractivity (Wildman–Crippen MR) is 70.3 cm³/mol. The number of pyridine rings is 1. The molecule has 0 amide bonds. The van der Waals surface area contributed by atoms with Gasteiger partial charge in [0.05, 0.1) is 28.5 Å². The number of benzene rings is 1. The molecule has 0 aliphatic rings. The van der Waals surface area contributed by atoms with Crippen LogP contribution in [0.5, 0.6) is 5.75 Å². The number of aromatic amines is 1. The number of ether oxygens (including phenoxy) is 1. The van der Waals surface area contributed by atoms with Gasteiger partial charge in [-0.05, 0) is 12.1 Å². The fourth-order valence-electron chi connectivity index (χ4n) is 1.76. The molecule has 0 saturated carbocycles. The Kier molecular flexibility index (Phi) is 2.89. The average molecular weight is 274 g/mol. The first-order valence-electron chi connectivity index (χ1n) is 5.49. The number of hydrogen-bond donors (Lipinski definition) is 1. The normalized spacial score (nSPS) is 10.6. The van der Waals surface area contributed by atoms with Crippen LogP contribution >= 0.6 is 11.6 Å². The maximum atomic E-state index is 12.1. The van der Waals surface area contributed by atoms with Crippen molar-refractivity contribution in [1.29, 1.82) is 0 Å². The number of hydrogen-bond acceptors (Lipinski definition) is 4. The zero-order chi connectivity index (χ0) is 13.2. The van der Waals surface area contributed by atoms with E-state index in [4.69, 9.17) is 16.3 Å². The summed E-state index contributed by atoms with van der Waals surface area (Å²) in [6, 6.07) is 6.80. The first kappa shape index (κ1) is 11.7. The number of nitrogens with one attached hydrogen (secondary N) is 1. The largest absolute Gasteiger partial charge is 0.421 e. The van der Waals surface area contributed by atoms with E-state index in [-0.39, 0.29) is 0 Å². The van der Waals surface area contributed by atoms with Crippen LogP contribution in [0.25, 0.3) is 10.9 Å². The molecule has 3 rings (SSSR count). The molecule has 19 heavy (non-hydrogen) atoms. The highest BCUT2D eigenvalue weighted by atomic mass is 35.5. The Balaban J connectivity index is 1.94. The Morgan fingerprint density at radius 3 is 3.00 bits per heavy atom. The van der Waals surface area contributed by atoms with Crippen molar-refractivity contribution in [3.63, 3.8) is 0 Å². The number of carbonyl (C=O) groups excluding carboxylic acids is 1. The lowest BCUT2D eigenvalue weighted by molar-refractivity contribution is 0.0736. The molecule has 1 N–H and O–H groups in total. The van der Waals surface area contributed by atoms with Crippen LogP contribution in [-0.4, -0.2) is 21.2 Å². The van der Waals surface area contributed by atoms with E-state index in [9.17, 15) is 4.79 Å². The number of halogens is 1. The molecule has 5 nitrogen and oxygen atoms in total. The SMILES string of the molecule is O=C(Oc1cncc(Cl)c1)c1cccc2[nH]ncc12. The highest BCUT2D eigenvalue weighted by Crippen LogP contribution is 2.20. The Labute approximate surface area is 113 Å². The van der Waals surface area contributed by atoms with E-state index in [0.29, 0.717) is 21.7 Å². The van der Waals surface area contributed by atoms with E-state index in [1.165, 1.54) is 18.5 Å². The molecule has 1 aromatic carbocycles. The first-order chi connectivity index (χ1) is 9.24. The third kappa shape index (κ3) is 2.28. The molecule has 0 aliphatic heterocycles. The molecule has 0 aliphatic carbocycles. The van der Waals surface area contributed by atoms with E-state index >= 15 is 0 Å². The minimum atomic E-state index is -0.476. The van der Waals surface area contributed by atoms with Crippen molar-refractivity contribution in [3.05, 3.63) is 53.4 Å². The highest BCUT2D eigenvalue weighted by Gasteiger charge is 2.13. The molecule has 0 atom stereocenters. The summed E-state index contributed by atoms with van der Waals surface area (Å²) in [6.45, 7) is 0. The Bertz CT molecular complexity index is 754. The highest BCUT2D eigenvalue weighted by molar-refractivity contribution is 6.30. The van der Waals surface area contributed by atoms with Gasteiger partial charge in [-0.1, -0.05) is 17.7 Å². The Morgan fingerprint density at radius 2 is 2.16 bits per heavy atom. The number of esters is 1. The van der Waals surface area contributed by atoms with Crippen molar-refractivity contribution in [2.24, 2.45) is 0 Å². The van der Waals surface area contributed by atoms with Crippen molar-refractivity contribution in [1.82, 2.24) is 15.2 Å². The lowest BCUT2D eigenvalue weighted by atomic mass is 10.1. The van der Waals surface area contributed by atoms with Crippen LogP contribution in [0.15, 0.2) is 42.9 Å². The van der Waals surface area contributed by atoms with Crippen LogP contribution in [-0.2, 0) is 0 Å². The summed E-state index contributed by atoms with van der Waals surface area (Å²) >= 11 is 5.78. The number of rotatable bonds is 2. The van der Waals surface area contributed by atoms with Gasteiger partial charge < -0.3 is 4.74 Å². The second-order valence-corrected chi connectivity index (χ2v) is 4.30.